The van der Waals surface area contributed by atoms with Gasteiger partial charge in [-0.05, 0) is 44.1 Å². The molecule has 1 amide bonds. The molecule has 3 atom stereocenters. The minimum absolute atomic E-state index is 0.132. The fourth-order valence-corrected chi connectivity index (χ4v) is 3.70. The van der Waals surface area contributed by atoms with Gasteiger partial charge in [0.05, 0.1) is 6.04 Å². The molecule has 16 heavy (non-hydrogen) atoms. The van der Waals surface area contributed by atoms with Crippen molar-refractivity contribution in [3.8, 4) is 0 Å². The quantitative estimate of drug-likeness (QED) is 0.727. The summed E-state index contributed by atoms with van der Waals surface area (Å²) < 4.78 is 0. The van der Waals surface area contributed by atoms with Crippen molar-refractivity contribution in [3.63, 3.8) is 0 Å². The van der Waals surface area contributed by atoms with E-state index in [4.69, 9.17) is 0 Å². The molecular formula is C13H22N2O. The van der Waals surface area contributed by atoms with E-state index in [1.165, 1.54) is 32.1 Å². The van der Waals surface area contributed by atoms with Gasteiger partial charge in [-0.2, -0.15) is 0 Å². The van der Waals surface area contributed by atoms with Crippen LogP contribution in [0, 0.1) is 11.8 Å². The number of fused-ring (bicyclic) bond motifs is 1. The predicted molar refractivity (Wildman–Crippen MR) is 63.1 cm³/mol. The summed E-state index contributed by atoms with van der Waals surface area (Å²) >= 11 is 0. The van der Waals surface area contributed by atoms with E-state index in [9.17, 15) is 4.79 Å². The third kappa shape index (κ3) is 1.86. The molecule has 2 heterocycles. The van der Waals surface area contributed by atoms with E-state index in [0.717, 1.165) is 37.9 Å². The molecule has 3 heteroatoms. The zero-order valence-electron chi connectivity index (χ0n) is 9.95. The Labute approximate surface area is 97.6 Å². The van der Waals surface area contributed by atoms with Crippen LogP contribution in [0.1, 0.15) is 38.5 Å². The summed E-state index contributed by atoms with van der Waals surface area (Å²) in [6.07, 6.45) is 7.59. The van der Waals surface area contributed by atoms with Crippen molar-refractivity contribution in [1.29, 1.82) is 0 Å². The summed E-state index contributed by atoms with van der Waals surface area (Å²) in [6.45, 7) is 3.11. The number of piperidine rings is 1. The van der Waals surface area contributed by atoms with Gasteiger partial charge in [0.1, 0.15) is 0 Å². The van der Waals surface area contributed by atoms with Crippen molar-refractivity contribution < 1.29 is 4.79 Å². The molecule has 90 valence electrons. The second kappa shape index (κ2) is 4.36. The molecule has 1 saturated carbocycles. The zero-order valence-corrected chi connectivity index (χ0v) is 9.95. The lowest BCUT2D eigenvalue weighted by atomic mass is 10.0. The first-order valence-electron chi connectivity index (χ1n) is 6.87. The van der Waals surface area contributed by atoms with Gasteiger partial charge in [0.25, 0.3) is 0 Å². The molecule has 0 aromatic rings. The lowest BCUT2D eigenvalue weighted by Gasteiger charge is -2.27. The van der Waals surface area contributed by atoms with Crippen molar-refractivity contribution in [3.05, 3.63) is 0 Å². The van der Waals surface area contributed by atoms with Crippen molar-refractivity contribution >= 4 is 5.91 Å². The predicted octanol–water partition coefficient (Wildman–Crippen LogP) is 1.39. The van der Waals surface area contributed by atoms with E-state index in [1.54, 1.807) is 0 Å². The minimum atomic E-state index is 0.132. The van der Waals surface area contributed by atoms with E-state index < -0.39 is 0 Å². The normalized spacial score (nSPS) is 38.8. The number of nitrogens with one attached hydrogen (secondary N) is 1. The van der Waals surface area contributed by atoms with Gasteiger partial charge in [-0.15, -0.1) is 0 Å². The number of nitrogens with zero attached hydrogens (tertiary/aromatic N) is 1. The summed E-state index contributed by atoms with van der Waals surface area (Å²) in [5.74, 6) is 2.04. The first-order chi connectivity index (χ1) is 7.84. The van der Waals surface area contributed by atoms with Gasteiger partial charge >= 0.3 is 0 Å². The average Bonchev–Trinajstić information content (AvgIpc) is 2.89. The molecular weight excluding hydrogens is 200 g/mol. The Morgan fingerprint density at radius 1 is 1.00 bits per heavy atom. The molecule has 3 nitrogen and oxygen atoms in total. The highest BCUT2D eigenvalue weighted by Gasteiger charge is 2.39. The first kappa shape index (κ1) is 10.6. The second-order valence-electron chi connectivity index (χ2n) is 5.70. The van der Waals surface area contributed by atoms with Crippen LogP contribution in [0.3, 0.4) is 0 Å². The number of rotatable bonds is 1. The van der Waals surface area contributed by atoms with Crippen LogP contribution in [0.4, 0.5) is 0 Å². The van der Waals surface area contributed by atoms with Crippen LogP contribution in [-0.2, 0) is 4.79 Å². The van der Waals surface area contributed by atoms with Crippen LogP contribution in [0.2, 0.25) is 0 Å². The summed E-state index contributed by atoms with van der Waals surface area (Å²) in [7, 11) is 0. The Balaban J connectivity index is 1.59. The smallest absolute Gasteiger partial charge is 0.239 e. The largest absolute Gasteiger partial charge is 0.341 e. The Morgan fingerprint density at radius 2 is 1.75 bits per heavy atom. The van der Waals surface area contributed by atoms with Crippen LogP contribution in [0.15, 0.2) is 0 Å². The first-order valence-corrected chi connectivity index (χ1v) is 6.87. The summed E-state index contributed by atoms with van der Waals surface area (Å²) in [5.41, 5.74) is 0. The highest BCUT2D eigenvalue weighted by molar-refractivity contribution is 5.82. The lowest BCUT2D eigenvalue weighted by Crippen LogP contribution is -2.48. The van der Waals surface area contributed by atoms with Crippen LogP contribution < -0.4 is 5.32 Å². The molecule has 0 radical (unpaired) electrons. The monoisotopic (exact) mass is 222 g/mol. The third-order valence-corrected chi connectivity index (χ3v) is 4.65. The number of hydrogen-bond donors (Lipinski definition) is 1. The molecule has 1 N–H and O–H groups in total. The van der Waals surface area contributed by atoms with Crippen LogP contribution in [0.5, 0.6) is 0 Å². The number of hydrogen-bond acceptors (Lipinski definition) is 2. The van der Waals surface area contributed by atoms with Gasteiger partial charge in [-0.25, -0.2) is 0 Å². The summed E-state index contributed by atoms with van der Waals surface area (Å²) in [6, 6.07) is 0.132. The van der Waals surface area contributed by atoms with E-state index in [2.05, 4.69) is 10.2 Å². The molecule has 1 aliphatic carbocycles. The highest BCUT2D eigenvalue weighted by Crippen LogP contribution is 2.38. The standard InChI is InChI=1S/C13H22N2O/c16-13(12-6-1-2-7-14-12)15-8-10-4-3-5-11(10)9-15/h10-12,14H,1-9H2/t10?,11?,12-/m1/s1. The lowest BCUT2D eigenvalue weighted by molar-refractivity contribution is -0.133. The van der Waals surface area contributed by atoms with Gasteiger partial charge in [0.15, 0.2) is 0 Å². The van der Waals surface area contributed by atoms with Crippen LogP contribution in [-0.4, -0.2) is 36.5 Å². The topological polar surface area (TPSA) is 32.3 Å². The van der Waals surface area contributed by atoms with Gasteiger partial charge in [0, 0.05) is 13.1 Å². The molecule has 2 saturated heterocycles. The number of carbonyl (C=O) groups excluding carboxylic acids is 1. The maximum atomic E-state index is 12.3. The second-order valence-corrected chi connectivity index (χ2v) is 5.70. The Kier molecular flexibility index (Phi) is 2.88. The third-order valence-electron chi connectivity index (χ3n) is 4.65. The van der Waals surface area contributed by atoms with Crippen molar-refractivity contribution in [2.45, 2.75) is 44.6 Å². The minimum Gasteiger partial charge on any atom is -0.341 e. The SMILES string of the molecule is O=C([C@H]1CCCCN1)N1CC2CCCC2C1. The van der Waals surface area contributed by atoms with E-state index in [-0.39, 0.29) is 6.04 Å². The molecule has 0 aromatic heterocycles. The van der Waals surface area contributed by atoms with Crippen molar-refractivity contribution in [2.75, 3.05) is 19.6 Å². The summed E-state index contributed by atoms with van der Waals surface area (Å²) in [4.78, 5) is 14.4. The molecule has 0 aromatic carbocycles. The number of carbonyl (C=O) groups is 1. The Morgan fingerprint density at radius 3 is 2.38 bits per heavy atom. The number of likely N-dealkylation sites (tertiary alicyclic amines) is 1. The fraction of sp³-hybridized carbons (Fsp3) is 0.923. The highest BCUT2D eigenvalue weighted by atomic mass is 16.2. The maximum absolute atomic E-state index is 12.3. The Hall–Kier alpha value is -0.570. The zero-order chi connectivity index (χ0) is 11.0. The van der Waals surface area contributed by atoms with Crippen LogP contribution in [0.25, 0.3) is 0 Å². The van der Waals surface area contributed by atoms with Gasteiger partial charge in [-0.1, -0.05) is 12.8 Å². The molecule has 0 spiro atoms. The van der Waals surface area contributed by atoms with Gasteiger partial charge in [0.2, 0.25) is 5.91 Å². The van der Waals surface area contributed by atoms with Crippen molar-refractivity contribution in [1.82, 2.24) is 10.2 Å². The van der Waals surface area contributed by atoms with E-state index in [1.807, 2.05) is 0 Å². The average molecular weight is 222 g/mol. The van der Waals surface area contributed by atoms with Gasteiger partial charge < -0.3 is 10.2 Å². The molecule has 0 bridgehead atoms. The molecule has 3 rings (SSSR count). The number of amides is 1. The molecule has 2 aliphatic heterocycles. The molecule has 3 fully saturated rings. The van der Waals surface area contributed by atoms with E-state index in [0.29, 0.717) is 5.91 Å². The van der Waals surface area contributed by atoms with Gasteiger partial charge in [-0.3, -0.25) is 4.79 Å². The van der Waals surface area contributed by atoms with Crippen LogP contribution >= 0.6 is 0 Å². The molecule has 2 unspecified atom stereocenters. The maximum Gasteiger partial charge on any atom is 0.239 e. The molecule has 3 aliphatic rings. The fourth-order valence-electron chi connectivity index (χ4n) is 3.70. The summed E-state index contributed by atoms with van der Waals surface area (Å²) in [5, 5.41) is 3.37. The van der Waals surface area contributed by atoms with Crippen molar-refractivity contribution in [2.24, 2.45) is 11.8 Å². The van der Waals surface area contributed by atoms with E-state index >= 15 is 0 Å². The Bertz CT molecular complexity index is 261.